The summed E-state index contributed by atoms with van der Waals surface area (Å²) in [6.45, 7) is 16.7. The minimum atomic E-state index is -1.79. The maximum Gasteiger partial charge on any atom is 0.335 e. The molecule has 0 amide bonds. The molecular formula is C44H66O15. The first-order valence-corrected chi connectivity index (χ1v) is 20.8. The van der Waals surface area contributed by atoms with Gasteiger partial charge in [0.25, 0.3) is 0 Å². The summed E-state index contributed by atoms with van der Waals surface area (Å²) < 4.78 is 28.0. The van der Waals surface area contributed by atoms with Gasteiger partial charge in [0.05, 0.1) is 46.9 Å². The lowest BCUT2D eigenvalue weighted by molar-refractivity contribution is -0.181. The van der Waals surface area contributed by atoms with Crippen molar-refractivity contribution in [3.05, 3.63) is 24.3 Å². The van der Waals surface area contributed by atoms with E-state index in [2.05, 4.69) is 27.0 Å². The van der Waals surface area contributed by atoms with Crippen molar-refractivity contribution in [2.45, 2.75) is 117 Å². The van der Waals surface area contributed by atoms with E-state index in [1.165, 1.54) is 0 Å². The van der Waals surface area contributed by atoms with Gasteiger partial charge in [-0.25, -0.2) is 9.59 Å². The van der Waals surface area contributed by atoms with Crippen LogP contribution in [-0.2, 0) is 52.5 Å². The molecule has 0 aromatic heterocycles. The van der Waals surface area contributed by atoms with Crippen molar-refractivity contribution in [1.82, 2.24) is 0 Å². The van der Waals surface area contributed by atoms with Crippen molar-refractivity contribution in [3.63, 3.8) is 0 Å². The smallest absolute Gasteiger partial charge is 0.335 e. The minimum absolute atomic E-state index is 0.00141. The molecule has 0 spiro atoms. The van der Waals surface area contributed by atoms with Crippen LogP contribution >= 0.6 is 0 Å². The van der Waals surface area contributed by atoms with Gasteiger partial charge in [0, 0.05) is 23.9 Å². The fourth-order valence-electron chi connectivity index (χ4n) is 11.9. The Hall–Kier alpha value is -3.82. The number of carbonyl (C=O) groups is 6. The van der Waals surface area contributed by atoms with E-state index in [1.54, 1.807) is 0 Å². The molecule has 4 aliphatic rings. The molecule has 4 rings (SSSR count). The molecule has 0 saturated heterocycles. The Bertz CT molecular complexity index is 1620. The SMILES string of the molecule is C=C1CC[C@H]2[C@](C)(COC(=O)[C@@H](CC(=O)O)[C@@H](OC[C@H]3C(=C)CC[C@H]4[C@](C)(CO)CCC[C@]34C)C(=O)OC)CCC[C@]2(C)[C@H]1CO[C@@H](C(=O)O)[C@H](CC(=O)O)C(=O)OC. The van der Waals surface area contributed by atoms with E-state index in [-0.39, 0.29) is 55.0 Å². The van der Waals surface area contributed by atoms with Crippen LogP contribution in [0.2, 0.25) is 0 Å². The number of ether oxygens (including phenoxy) is 5. The quantitative estimate of drug-likeness (QED) is 0.0719. The highest BCUT2D eigenvalue weighted by molar-refractivity contribution is 5.87. The van der Waals surface area contributed by atoms with Gasteiger partial charge in [-0.15, -0.1) is 0 Å². The number of hydrogen-bond donors (Lipinski definition) is 4. The van der Waals surface area contributed by atoms with Crippen LogP contribution in [0.4, 0.5) is 0 Å². The topological polar surface area (TPSA) is 229 Å². The van der Waals surface area contributed by atoms with E-state index >= 15 is 0 Å². The maximum absolute atomic E-state index is 14.1. The number of esters is 3. The molecule has 0 aliphatic heterocycles. The van der Waals surface area contributed by atoms with Gasteiger partial charge in [0.2, 0.25) is 0 Å². The summed E-state index contributed by atoms with van der Waals surface area (Å²) in [6, 6.07) is 0. The Balaban J connectivity index is 1.54. The van der Waals surface area contributed by atoms with Crippen LogP contribution < -0.4 is 0 Å². The van der Waals surface area contributed by atoms with Gasteiger partial charge >= 0.3 is 35.8 Å². The number of aliphatic carboxylic acids is 3. The second kappa shape index (κ2) is 19.3. The fourth-order valence-corrected chi connectivity index (χ4v) is 11.9. The number of carboxylic acids is 3. The lowest BCUT2D eigenvalue weighted by Crippen LogP contribution is -2.54. The normalized spacial score (nSPS) is 33.9. The molecule has 4 N–H and O–H groups in total. The van der Waals surface area contributed by atoms with Gasteiger partial charge in [0.1, 0.15) is 11.8 Å². The molecule has 0 bridgehead atoms. The van der Waals surface area contributed by atoms with E-state index in [1.807, 2.05) is 13.8 Å². The number of hydrogen-bond acceptors (Lipinski definition) is 12. The number of rotatable bonds is 19. The second-order valence-corrected chi connectivity index (χ2v) is 18.7. The van der Waals surface area contributed by atoms with Crippen molar-refractivity contribution < 1.29 is 72.9 Å². The van der Waals surface area contributed by atoms with Crippen molar-refractivity contribution in [3.8, 4) is 0 Å². The first-order valence-electron chi connectivity index (χ1n) is 20.8. The van der Waals surface area contributed by atoms with Crippen LogP contribution in [0, 0.1) is 57.2 Å². The van der Waals surface area contributed by atoms with Crippen LogP contribution in [0.25, 0.3) is 0 Å². The molecule has 4 aliphatic carbocycles. The molecule has 0 radical (unpaired) electrons. The van der Waals surface area contributed by atoms with Crippen LogP contribution in [0.15, 0.2) is 24.3 Å². The Labute approximate surface area is 347 Å². The molecule has 15 heteroatoms. The van der Waals surface area contributed by atoms with E-state index in [9.17, 15) is 49.2 Å². The molecular weight excluding hydrogens is 768 g/mol. The highest BCUT2D eigenvalue weighted by Crippen LogP contribution is 2.62. The zero-order valence-electron chi connectivity index (χ0n) is 35.6. The standard InChI is InChI=1S/C44H66O15/c1-25-11-13-31-41(3,23-45)15-9-17-43(31,5)30(25)22-58-36(40(54)56-8)28(20-34(48)49)39(53)59-24-42(4)16-10-18-44(6)29(26(2)12-14-32(42)44)21-57-35(37(50)51)27(19-33(46)47)38(52)55-7/h27-32,35-36,45H,1-2,9-24H2,3-8H3,(H,46,47)(H,48,49)(H,50,51)/t27-,28-,29-,30-,31-,32-,35+,36+,41-,42-,43+,44+/m0/s1. The van der Waals surface area contributed by atoms with Crippen molar-refractivity contribution >= 4 is 35.8 Å². The lowest BCUT2D eigenvalue weighted by Gasteiger charge is -2.58. The molecule has 0 aromatic rings. The Morgan fingerprint density at radius 1 is 0.661 bits per heavy atom. The van der Waals surface area contributed by atoms with Crippen LogP contribution in [-0.4, -0.2) is 109 Å². The van der Waals surface area contributed by atoms with Gasteiger partial charge in [-0.05, 0) is 79.4 Å². The van der Waals surface area contributed by atoms with E-state index in [0.29, 0.717) is 38.5 Å². The van der Waals surface area contributed by atoms with Crippen LogP contribution in [0.5, 0.6) is 0 Å². The Morgan fingerprint density at radius 3 is 1.54 bits per heavy atom. The summed E-state index contributed by atoms with van der Waals surface area (Å²) in [6.07, 6.45) is 2.58. The van der Waals surface area contributed by atoms with Gasteiger partial charge in [-0.3, -0.25) is 19.2 Å². The summed E-state index contributed by atoms with van der Waals surface area (Å²) in [5.74, 6) is -10.7. The molecule has 0 aromatic carbocycles. The Kier molecular flexibility index (Phi) is 15.6. The largest absolute Gasteiger partial charge is 0.481 e. The van der Waals surface area contributed by atoms with E-state index in [0.717, 1.165) is 51.0 Å². The summed E-state index contributed by atoms with van der Waals surface area (Å²) >= 11 is 0. The molecule has 0 heterocycles. The number of carboxylic acid groups (broad SMARTS) is 3. The molecule has 332 valence electrons. The van der Waals surface area contributed by atoms with Crippen LogP contribution in [0.1, 0.15) is 105 Å². The monoisotopic (exact) mass is 834 g/mol. The maximum atomic E-state index is 14.1. The summed E-state index contributed by atoms with van der Waals surface area (Å²) in [5.41, 5.74) is -0.00152. The molecule has 4 saturated carbocycles. The lowest BCUT2D eigenvalue weighted by atomic mass is 9.47. The number of carbonyl (C=O) groups excluding carboxylic acids is 3. The predicted molar refractivity (Wildman–Crippen MR) is 212 cm³/mol. The molecule has 0 unspecified atom stereocenters. The van der Waals surface area contributed by atoms with Crippen molar-refractivity contribution in [2.24, 2.45) is 57.2 Å². The second-order valence-electron chi connectivity index (χ2n) is 18.7. The average Bonchev–Trinajstić information content (AvgIpc) is 3.16. The highest BCUT2D eigenvalue weighted by atomic mass is 16.6. The first-order chi connectivity index (χ1) is 27.6. The number of fused-ring (bicyclic) bond motifs is 2. The van der Waals surface area contributed by atoms with E-state index in [4.69, 9.17) is 23.7 Å². The third kappa shape index (κ3) is 10.0. The molecule has 4 fully saturated rings. The summed E-state index contributed by atoms with van der Waals surface area (Å²) in [5, 5.41) is 39.8. The molecule has 15 nitrogen and oxygen atoms in total. The molecule has 59 heavy (non-hydrogen) atoms. The third-order valence-corrected chi connectivity index (χ3v) is 15.1. The highest BCUT2D eigenvalue weighted by Gasteiger charge is 2.57. The fraction of sp³-hybridized carbons (Fsp3) is 0.773. The average molecular weight is 835 g/mol. The third-order valence-electron chi connectivity index (χ3n) is 15.1. The summed E-state index contributed by atoms with van der Waals surface area (Å²) in [4.78, 5) is 76.0. The summed E-state index contributed by atoms with van der Waals surface area (Å²) in [7, 11) is 2.19. The number of aliphatic hydroxyl groups is 1. The van der Waals surface area contributed by atoms with Crippen molar-refractivity contribution in [2.75, 3.05) is 40.6 Å². The van der Waals surface area contributed by atoms with Crippen LogP contribution in [0.3, 0.4) is 0 Å². The van der Waals surface area contributed by atoms with Gasteiger partial charge in [0.15, 0.2) is 12.2 Å². The van der Waals surface area contributed by atoms with Crippen molar-refractivity contribution in [1.29, 1.82) is 0 Å². The Morgan fingerprint density at radius 2 is 1.10 bits per heavy atom. The first kappa shape index (κ1) is 47.9. The number of aliphatic hydroxyl groups excluding tert-OH is 1. The van der Waals surface area contributed by atoms with Gasteiger partial charge in [-0.1, -0.05) is 64.8 Å². The number of methoxy groups -OCH3 is 2. The zero-order valence-corrected chi connectivity index (χ0v) is 35.6. The molecule has 12 atom stereocenters. The zero-order chi connectivity index (χ0) is 44.1. The van der Waals surface area contributed by atoms with Gasteiger partial charge in [-0.2, -0.15) is 0 Å². The van der Waals surface area contributed by atoms with E-state index < -0.39 is 89.4 Å². The van der Waals surface area contributed by atoms with Gasteiger partial charge < -0.3 is 44.1 Å². The minimum Gasteiger partial charge on any atom is -0.481 e. The predicted octanol–water partition coefficient (Wildman–Crippen LogP) is 5.46.